The second-order valence-electron chi connectivity index (χ2n) is 3.44. The summed E-state index contributed by atoms with van der Waals surface area (Å²) in [6.45, 7) is 4.57. The number of anilines is 1. The van der Waals surface area contributed by atoms with E-state index in [2.05, 4.69) is 5.32 Å². The maximum Gasteiger partial charge on any atom is 0.328 e. The van der Waals surface area contributed by atoms with Crippen LogP contribution in [0.2, 0.25) is 0 Å². The number of aliphatic carboxylic acids is 1. The number of carbonyl (C=O) groups is 1. The van der Waals surface area contributed by atoms with Crippen LogP contribution in [0.1, 0.15) is 11.1 Å². The average molecular weight is 205 g/mol. The fourth-order valence-corrected chi connectivity index (χ4v) is 1.25. The molecule has 0 bridgehead atoms. The van der Waals surface area contributed by atoms with E-state index in [1.165, 1.54) is 5.56 Å². The molecule has 0 saturated carbocycles. The Morgan fingerprint density at radius 3 is 2.87 bits per heavy atom. The topological polar surface area (TPSA) is 49.3 Å². The first-order valence-corrected chi connectivity index (χ1v) is 4.80. The Bertz CT molecular complexity index is 383. The average Bonchev–Trinajstić information content (AvgIpc) is 2.17. The van der Waals surface area contributed by atoms with E-state index in [-0.39, 0.29) is 0 Å². The van der Waals surface area contributed by atoms with Crippen molar-refractivity contribution in [2.45, 2.75) is 13.8 Å². The molecule has 15 heavy (non-hydrogen) atoms. The van der Waals surface area contributed by atoms with Gasteiger partial charge >= 0.3 is 5.97 Å². The smallest absolute Gasteiger partial charge is 0.328 e. The maximum atomic E-state index is 10.2. The van der Waals surface area contributed by atoms with Crippen LogP contribution < -0.4 is 5.32 Å². The predicted octanol–water partition coefficient (Wildman–Crippen LogP) is 2.36. The van der Waals surface area contributed by atoms with Crippen LogP contribution in [0.15, 0.2) is 30.4 Å². The lowest BCUT2D eigenvalue weighted by molar-refractivity contribution is -0.131. The number of nitrogens with one attached hydrogen (secondary N) is 1. The lowest BCUT2D eigenvalue weighted by Gasteiger charge is -2.07. The summed E-state index contributed by atoms with van der Waals surface area (Å²) in [7, 11) is 0. The van der Waals surface area contributed by atoms with Crippen molar-refractivity contribution in [1.82, 2.24) is 0 Å². The van der Waals surface area contributed by atoms with E-state index < -0.39 is 5.97 Å². The molecule has 0 unspecified atom stereocenters. The van der Waals surface area contributed by atoms with Crippen LogP contribution in [-0.4, -0.2) is 17.6 Å². The fourth-order valence-electron chi connectivity index (χ4n) is 1.25. The molecule has 0 atom stereocenters. The Morgan fingerprint density at radius 2 is 2.20 bits per heavy atom. The molecular weight excluding hydrogens is 190 g/mol. The molecule has 0 spiro atoms. The second-order valence-corrected chi connectivity index (χ2v) is 3.44. The van der Waals surface area contributed by atoms with Crippen molar-refractivity contribution in [2.75, 3.05) is 11.9 Å². The largest absolute Gasteiger partial charge is 0.478 e. The standard InChI is InChI=1S/C12H15NO2/c1-9-5-6-10(2)11(8-9)13-7-3-4-12(14)15/h3-6,8,13H,7H2,1-2H3,(H,14,15)/b4-3+. The van der Waals surface area contributed by atoms with E-state index in [0.29, 0.717) is 6.54 Å². The first-order valence-electron chi connectivity index (χ1n) is 4.80. The molecule has 2 N–H and O–H groups in total. The molecule has 0 aliphatic rings. The lowest BCUT2D eigenvalue weighted by atomic mass is 10.1. The molecular formula is C12H15NO2. The van der Waals surface area contributed by atoms with Crippen molar-refractivity contribution in [3.8, 4) is 0 Å². The van der Waals surface area contributed by atoms with E-state index in [1.54, 1.807) is 6.08 Å². The molecule has 0 aliphatic carbocycles. The Labute approximate surface area is 89.4 Å². The van der Waals surface area contributed by atoms with Crippen LogP contribution >= 0.6 is 0 Å². The SMILES string of the molecule is Cc1ccc(C)c(NC/C=C/C(=O)O)c1. The van der Waals surface area contributed by atoms with Gasteiger partial charge in [-0.1, -0.05) is 18.2 Å². The van der Waals surface area contributed by atoms with E-state index in [1.807, 2.05) is 32.0 Å². The van der Waals surface area contributed by atoms with Gasteiger partial charge in [0.25, 0.3) is 0 Å². The van der Waals surface area contributed by atoms with Crippen molar-refractivity contribution in [2.24, 2.45) is 0 Å². The number of hydrogen-bond donors (Lipinski definition) is 2. The van der Waals surface area contributed by atoms with E-state index in [9.17, 15) is 4.79 Å². The highest BCUT2D eigenvalue weighted by atomic mass is 16.4. The van der Waals surface area contributed by atoms with Crippen molar-refractivity contribution >= 4 is 11.7 Å². The van der Waals surface area contributed by atoms with Crippen LogP contribution in [0.25, 0.3) is 0 Å². The summed E-state index contributed by atoms with van der Waals surface area (Å²) < 4.78 is 0. The van der Waals surface area contributed by atoms with Crippen molar-refractivity contribution in [3.05, 3.63) is 41.5 Å². The third kappa shape index (κ3) is 3.85. The molecule has 3 nitrogen and oxygen atoms in total. The molecule has 0 aromatic heterocycles. The van der Waals surface area contributed by atoms with E-state index in [4.69, 9.17) is 5.11 Å². The third-order valence-corrected chi connectivity index (χ3v) is 2.06. The molecule has 0 saturated heterocycles. The zero-order valence-electron chi connectivity index (χ0n) is 8.95. The Kier molecular flexibility index (Phi) is 3.92. The number of benzene rings is 1. The van der Waals surface area contributed by atoms with Crippen LogP contribution in [0.3, 0.4) is 0 Å². The normalized spacial score (nSPS) is 10.5. The first-order chi connectivity index (χ1) is 7.09. The van der Waals surface area contributed by atoms with Gasteiger partial charge in [0.1, 0.15) is 0 Å². The van der Waals surface area contributed by atoms with E-state index in [0.717, 1.165) is 17.3 Å². The van der Waals surface area contributed by atoms with Gasteiger partial charge in [-0.2, -0.15) is 0 Å². The molecule has 0 fully saturated rings. The van der Waals surface area contributed by atoms with Gasteiger partial charge in [-0.3, -0.25) is 0 Å². The van der Waals surface area contributed by atoms with Gasteiger partial charge in [0.05, 0.1) is 0 Å². The van der Waals surface area contributed by atoms with Gasteiger partial charge in [0.15, 0.2) is 0 Å². The maximum absolute atomic E-state index is 10.2. The monoisotopic (exact) mass is 205 g/mol. The summed E-state index contributed by atoms with van der Waals surface area (Å²) in [4.78, 5) is 10.2. The highest BCUT2D eigenvalue weighted by Gasteiger charge is 1.96. The van der Waals surface area contributed by atoms with Gasteiger partial charge in [-0.15, -0.1) is 0 Å². The van der Waals surface area contributed by atoms with Crippen LogP contribution in [0.4, 0.5) is 5.69 Å². The Morgan fingerprint density at radius 1 is 1.47 bits per heavy atom. The summed E-state index contributed by atoms with van der Waals surface area (Å²) in [5, 5.41) is 11.6. The van der Waals surface area contributed by atoms with Crippen molar-refractivity contribution in [1.29, 1.82) is 0 Å². The molecule has 0 amide bonds. The highest BCUT2D eigenvalue weighted by Crippen LogP contribution is 2.15. The second kappa shape index (κ2) is 5.20. The Balaban J connectivity index is 2.57. The molecule has 0 heterocycles. The molecule has 1 rings (SSSR count). The number of carboxylic acids is 1. The molecule has 0 radical (unpaired) electrons. The van der Waals surface area contributed by atoms with Crippen LogP contribution in [0, 0.1) is 13.8 Å². The third-order valence-electron chi connectivity index (χ3n) is 2.06. The van der Waals surface area contributed by atoms with Crippen LogP contribution in [0.5, 0.6) is 0 Å². The first kappa shape index (κ1) is 11.3. The lowest BCUT2D eigenvalue weighted by Crippen LogP contribution is -2.01. The molecule has 1 aromatic rings. The molecule has 1 aromatic carbocycles. The summed E-state index contributed by atoms with van der Waals surface area (Å²) in [6, 6.07) is 6.14. The quantitative estimate of drug-likeness (QED) is 0.742. The van der Waals surface area contributed by atoms with Gasteiger partial charge in [-0.05, 0) is 31.0 Å². The highest BCUT2D eigenvalue weighted by molar-refractivity contribution is 5.79. The summed E-state index contributed by atoms with van der Waals surface area (Å²) in [6.07, 6.45) is 2.72. The zero-order chi connectivity index (χ0) is 11.3. The minimum absolute atomic E-state index is 0.524. The van der Waals surface area contributed by atoms with Gasteiger partial charge in [-0.25, -0.2) is 4.79 Å². The predicted molar refractivity (Wildman–Crippen MR) is 61.2 cm³/mol. The molecule has 0 aliphatic heterocycles. The van der Waals surface area contributed by atoms with Crippen molar-refractivity contribution in [3.63, 3.8) is 0 Å². The number of carboxylic acid groups (broad SMARTS) is 1. The van der Waals surface area contributed by atoms with Gasteiger partial charge < -0.3 is 10.4 Å². The van der Waals surface area contributed by atoms with Crippen LogP contribution in [-0.2, 0) is 4.79 Å². The number of rotatable bonds is 4. The number of aryl methyl sites for hydroxylation is 2. The van der Waals surface area contributed by atoms with Gasteiger partial charge in [0.2, 0.25) is 0 Å². The summed E-state index contributed by atoms with van der Waals surface area (Å²) in [5.74, 6) is -0.919. The van der Waals surface area contributed by atoms with E-state index >= 15 is 0 Å². The Hall–Kier alpha value is -1.77. The number of hydrogen-bond acceptors (Lipinski definition) is 2. The zero-order valence-corrected chi connectivity index (χ0v) is 8.95. The molecule has 80 valence electrons. The fraction of sp³-hybridized carbons (Fsp3) is 0.250. The summed E-state index contributed by atoms with van der Waals surface area (Å²) >= 11 is 0. The van der Waals surface area contributed by atoms with Gasteiger partial charge in [0, 0.05) is 18.3 Å². The minimum atomic E-state index is -0.919. The van der Waals surface area contributed by atoms with Crippen molar-refractivity contribution < 1.29 is 9.90 Å². The minimum Gasteiger partial charge on any atom is -0.478 e. The summed E-state index contributed by atoms with van der Waals surface area (Å²) in [5.41, 5.74) is 3.39. The molecule has 3 heteroatoms.